The zero-order valence-electron chi connectivity index (χ0n) is 17.2. The van der Waals surface area contributed by atoms with Gasteiger partial charge in [0, 0.05) is 38.3 Å². The molecule has 1 saturated carbocycles. The number of aliphatic hydroxyl groups excluding tert-OH is 1. The van der Waals surface area contributed by atoms with Crippen LogP contribution in [0.3, 0.4) is 0 Å². The van der Waals surface area contributed by atoms with Crippen molar-refractivity contribution in [3.05, 3.63) is 65.5 Å². The van der Waals surface area contributed by atoms with Crippen LogP contribution in [0.2, 0.25) is 0 Å². The molecule has 0 aromatic heterocycles. The Morgan fingerprint density at radius 2 is 1.93 bits per heavy atom. The summed E-state index contributed by atoms with van der Waals surface area (Å²) in [5, 5.41) is 10.5. The molecule has 0 saturated heterocycles. The molecule has 0 radical (unpaired) electrons. The van der Waals surface area contributed by atoms with E-state index in [1.807, 2.05) is 40.1 Å². The quantitative estimate of drug-likeness (QED) is 0.723. The summed E-state index contributed by atoms with van der Waals surface area (Å²) < 4.78 is 19.6. The Labute approximate surface area is 177 Å². The Bertz CT molecular complexity index is 857. The highest BCUT2D eigenvalue weighted by atomic mass is 19.1. The number of hydrogen-bond donors (Lipinski definition) is 1. The van der Waals surface area contributed by atoms with Crippen molar-refractivity contribution in [2.45, 2.75) is 38.5 Å². The summed E-state index contributed by atoms with van der Waals surface area (Å²) in [6, 6.07) is 14.5. The number of carbonyl (C=O) groups excluding carboxylic acids is 1. The second kappa shape index (κ2) is 9.58. The van der Waals surface area contributed by atoms with E-state index in [1.54, 1.807) is 6.07 Å². The standard InChI is InChI=1S/C24H29FN2O3/c25-21-8-9-23-20(12-21)14-27(13-18-6-7-18)24(29)10-11-26(23)15-22(28)17-30-16-19-4-2-1-3-5-19/h1-5,8-9,12,18,22,28H,6-7,10-11,13-17H2/t22-/m1/s1. The Balaban J connectivity index is 1.41. The van der Waals surface area contributed by atoms with Crippen molar-refractivity contribution < 1.29 is 19.0 Å². The summed E-state index contributed by atoms with van der Waals surface area (Å²) >= 11 is 0. The van der Waals surface area contributed by atoms with E-state index in [2.05, 4.69) is 0 Å². The van der Waals surface area contributed by atoms with Gasteiger partial charge >= 0.3 is 0 Å². The van der Waals surface area contributed by atoms with Gasteiger partial charge in [-0.2, -0.15) is 0 Å². The van der Waals surface area contributed by atoms with E-state index in [0.717, 1.165) is 23.4 Å². The molecule has 1 atom stereocenters. The molecule has 6 heteroatoms. The van der Waals surface area contributed by atoms with Crippen LogP contribution in [0, 0.1) is 11.7 Å². The number of fused-ring (bicyclic) bond motifs is 1. The lowest BCUT2D eigenvalue weighted by molar-refractivity contribution is -0.132. The highest BCUT2D eigenvalue weighted by Crippen LogP contribution is 2.32. The van der Waals surface area contributed by atoms with Gasteiger partial charge in [-0.25, -0.2) is 4.39 Å². The van der Waals surface area contributed by atoms with E-state index >= 15 is 0 Å². The number of rotatable bonds is 8. The van der Waals surface area contributed by atoms with Crippen molar-refractivity contribution in [1.82, 2.24) is 4.90 Å². The Kier molecular flexibility index (Phi) is 6.65. The molecular formula is C24H29FN2O3. The molecule has 5 nitrogen and oxygen atoms in total. The number of carbonyl (C=O) groups is 1. The second-order valence-corrected chi connectivity index (χ2v) is 8.34. The number of hydrogen-bond acceptors (Lipinski definition) is 4. The van der Waals surface area contributed by atoms with Crippen molar-refractivity contribution in [2.24, 2.45) is 5.92 Å². The number of halogens is 1. The molecule has 1 fully saturated rings. The fourth-order valence-corrected chi connectivity index (χ4v) is 3.95. The Morgan fingerprint density at radius 1 is 1.13 bits per heavy atom. The van der Waals surface area contributed by atoms with Crippen molar-refractivity contribution in [1.29, 1.82) is 0 Å². The van der Waals surface area contributed by atoms with Gasteiger partial charge in [0.1, 0.15) is 5.82 Å². The van der Waals surface area contributed by atoms with Gasteiger partial charge in [-0.1, -0.05) is 30.3 Å². The van der Waals surface area contributed by atoms with Gasteiger partial charge in [-0.05, 0) is 48.1 Å². The van der Waals surface area contributed by atoms with Gasteiger partial charge < -0.3 is 19.6 Å². The number of benzene rings is 2. The summed E-state index contributed by atoms with van der Waals surface area (Å²) in [5.41, 5.74) is 2.73. The maximum absolute atomic E-state index is 14.0. The molecule has 2 aliphatic rings. The van der Waals surface area contributed by atoms with Crippen LogP contribution < -0.4 is 4.90 Å². The predicted octanol–water partition coefficient (Wildman–Crippen LogP) is 3.35. The number of anilines is 1. The maximum Gasteiger partial charge on any atom is 0.224 e. The monoisotopic (exact) mass is 412 g/mol. The van der Waals surface area contributed by atoms with Gasteiger partial charge in [0.15, 0.2) is 0 Å². The highest BCUT2D eigenvalue weighted by molar-refractivity contribution is 5.78. The lowest BCUT2D eigenvalue weighted by Crippen LogP contribution is -2.42. The zero-order chi connectivity index (χ0) is 20.9. The Morgan fingerprint density at radius 3 is 2.70 bits per heavy atom. The summed E-state index contributed by atoms with van der Waals surface area (Å²) in [5.74, 6) is 0.376. The van der Waals surface area contributed by atoms with Gasteiger partial charge in [0.2, 0.25) is 5.91 Å². The maximum atomic E-state index is 14.0. The van der Waals surface area contributed by atoms with E-state index in [4.69, 9.17) is 4.74 Å². The van der Waals surface area contributed by atoms with E-state index in [0.29, 0.717) is 38.6 Å². The number of aliphatic hydroxyl groups is 1. The molecule has 2 aromatic rings. The average Bonchev–Trinajstić information content (AvgIpc) is 3.55. The first-order valence-corrected chi connectivity index (χ1v) is 10.7. The van der Waals surface area contributed by atoms with Crippen molar-refractivity contribution >= 4 is 11.6 Å². The van der Waals surface area contributed by atoms with E-state index < -0.39 is 6.10 Å². The van der Waals surface area contributed by atoms with Crippen LogP contribution in [0.15, 0.2) is 48.5 Å². The predicted molar refractivity (Wildman–Crippen MR) is 113 cm³/mol. The van der Waals surface area contributed by atoms with Crippen LogP contribution in [0.4, 0.5) is 10.1 Å². The van der Waals surface area contributed by atoms with Crippen LogP contribution in [-0.4, -0.2) is 48.3 Å². The lowest BCUT2D eigenvalue weighted by Gasteiger charge is -2.34. The van der Waals surface area contributed by atoms with E-state index in [-0.39, 0.29) is 18.3 Å². The van der Waals surface area contributed by atoms with Crippen molar-refractivity contribution in [3.8, 4) is 0 Å². The zero-order valence-corrected chi connectivity index (χ0v) is 17.2. The minimum atomic E-state index is -0.705. The minimum absolute atomic E-state index is 0.0941. The summed E-state index contributed by atoms with van der Waals surface area (Å²) in [4.78, 5) is 16.6. The minimum Gasteiger partial charge on any atom is -0.389 e. The number of amides is 1. The summed E-state index contributed by atoms with van der Waals surface area (Å²) in [6.45, 7) is 2.64. The fourth-order valence-electron chi connectivity index (χ4n) is 3.95. The molecule has 1 amide bonds. The molecule has 2 aromatic carbocycles. The summed E-state index contributed by atoms with van der Waals surface area (Å²) in [7, 11) is 0. The normalized spacial score (nSPS) is 18.0. The second-order valence-electron chi connectivity index (χ2n) is 8.34. The van der Waals surface area contributed by atoms with Gasteiger partial charge in [0.05, 0.1) is 19.3 Å². The van der Waals surface area contributed by atoms with Gasteiger partial charge in [-0.3, -0.25) is 4.79 Å². The fraction of sp³-hybridized carbons (Fsp3) is 0.458. The smallest absolute Gasteiger partial charge is 0.224 e. The van der Waals surface area contributed by atoms with Gasteiger partial charge in [-0.15, -0.1) is 0 Å². The first-order valence-electron chi connectivity index (χ1n) is 10.7. The third-order valence-corrected chi connectivity index (χ3v) is 5.72. The lowest BCUT2D eigenvalue weighted by atomic mass is 10.1. The van der Waals surface area contributed by atoms with Crippen LogP contribution in [0.5, 0.6) is 0 Å². The average molecular weight is 413 g/mol. The van der Waals surface area contributed by atoms with Crippen molar-refractivity contribution in [3.63, 3.8) is 0 Å². The molecule has 1 aliphatic carbocycles. The number of β-amino-alcohol motifs (C(OH)–C–C–N with tert-alkyl or cyclic N) is 1. The number of ether oxygens (including phenoxy) is 1. The molecule has 1 N–H and O–H groups in total. The van der Waals surface area contributed by atoms with Gasteiger partial charge in [0.25, 0.3) is 0 Å². The molecular weight excluding hydrogens is 383 g/mol. The highest BCUT2D eigenvalue weighted by Gasteiger charge is 2.29. The first-order chi connectivity index (χ1) is 14.6. The molecule has 1 aliphatic heterocycles. The SMILES string of the molecule is O=C1CCN(C[C@@H](O)COCc2ccccc2)c2ccc(F)cc2CN1CC1CC1. The van der Waals surface area contributed by atoms with Crippen LogP contribution in [-0.2, 0) is 22.7 Å². The Hall–Kier alpha value is -2.44. The third kappa shape index (κ3) is 5.58. The van der Waals surface area contributed by atoms with Crippen molar-refractivity contribution in [2.75, 3.05) is 31.1 Å². The molecule has 30 heavy (non-hydrogen) atoms. The van der Waals surface area contributed by atoms with E-state index in [1.165, 1.54) is 25.0 Å². The number of nitrogens with zero attached hydrogens (tertiary/aromatic N) is 2. The molecule has 0 bridgehead atoms. The topological polar surface area (TPSA) is 53.0 Å². The molecule has 1 heterocycles. The van der Waals surface area contributed by atoms with Crippen LogP contribution in [0.25, 0.3) is 0 Å². The summed E-state index contributed by atoms with van der Waals surface area (Å²) in [6.07, 6.45) is 2.02. The first kappa shape index (κ1) is 20.8. The largest absolute Gasteiger partial charge is 0.389 e. The molecule has 4 rings (SSSR count). The van der Waals surface area contributed by atoms with Crippen LogP contribution >= 0.6 is 0 Å². The van der Waals surface area contributed by atoms with E-state index in [9.17, 15) is 14.3 Å². The molecule has 160 valence electrons. The molecule has 0 unspecified atom stereocenters. The third-order valence-electron chi connectivity index (χ3n) is 5.72. The molecule has 0 spiro atoms. The van der Waals surface area contributed by atoms with Crippen LogP contribution in [0.1, 0.15) is 30.4 Å².